The van der Waals surface area contributed by atoms with E-state index >= 15 is 0 Å². The van der Waals surface area contributed by atoms with Crippen LogP contribution in [0.2, 0.25) is 0 Å². The van der Waals surface area contributed by atoms with Crippen molar-refractivity contribution in [2.45, 2.75) is 56.9 Å². The number of fused-ring (bicyclic) bond motifs is 2. The molecule has 11 heteroatoms. The Morgan fingerprint density at radius 3 is 2.73 bits per heavy atom. The Balaban J connectivity index is 1.85. The summed E-state index contributed by atoms with van der Waals surface area (Å²) in [7, 11) is -2.18. The third-order valence-corrected chi connectivity index (χ3v) is 7.77. The van der Waals surface area contributed by atoms with Gasteiger partial charge in [-0.1, -0.05) is 30.3 Å². The Hall–Kier alpha value is -2.34. The van der Waals surface area contributed by atoms with Gasteiger partial charge in [0, 0.05) is 39.0 Å². The van der Waals surface area contributed by atoms with Crippen LogP contribution < -0.4 is 0 Å². The van der Waals surface area contributed by atoms with Gasteiger partial charge < -0.3 is 14.7 Å². The Bertz CT molecular complexity index is 1010. The fourth-order valence-electron chi connectivity index (χ4n) is 3.82. The van der Waals surface area contributed by atoms with E-state index in [0.717, 1.165) is 0 Å². The minimum absolute atomic E-state index is 0.0630. The van der Waals surface area contributed by atoms with Crippen LogP contribution in [0, 0.1) is 5.92 Å². The summed E-state index contributed by atoms with van der Waals surface area (Å²) in [5, 5.41) is 17.9. The molecule has 0 spiro atoms. The van der Waals surface area contributed by atoms with E-state index in [1.807, 2.05) is 6.92 Å². The SMILES string of the molecule is C[C@@H]1CN([C@@H](C)CO)C(=O)CCCn2cc(nn2)CO[C@@H]1CN(C)S(=O)(=O)c1ccccc1. The molecule has 1 aromatic carbocycles. The smallest absolute Gasteiger partial charge is 0.242 e. The van der Waals surface area contributed by atoms with Gasteiger partial charge in [-0.2, -0.15) is 4.31 Å². The summed E-state index contributed by atoms with van der Waals surface area (Å²) < 4.78 is 35.2. The normalized spacial score (nSPS) is 21.8. The van der Waals surface area contributed by atoms with E-state index in [1.165, 1.54) is 11.4 Å². The molecule has 0 unspecified atom stereocenters. The van der Waals surface area contributed by atoms with Gasteiger partial charge in [0.2, 0.25) is 15.9 Å². The highest BCUT2D eigenvalue weighted by atomic mass is 32.2. The maximum atomic E-state index is 13.1. The number of benzene rings is 1. The summed E-state index contributed by atoms with van der Waals surface area (Å²) in [5.41, 5.74) is 0.645. The number of carbonyl (C=O) groups excluding carboxylic acids is 1. The molecular weight excluding hydrogens is 446 g/mol. The Morgan fingerprint density at radius 1 is 1.30 bits per heavy atom. The van der Waals surface area contributed by atoms with Crippen LogP contribution in [0.3, 0.4) is 0 Å². The van der Waals surface area contributed by atoms with Gasteiger partial charge in [0.15, 0.2) is 0 Å². The molecule has 0 fully saturated rings. The minimum Gasteiger partial charge on any atom is -0.394 e. The van der Waals surface area contributed by atoms with E-state index in [4.69, 9.17) is 4.74 Å². The largest absolute Gasteiger partial charge is 0.394 e. The van der Waals surface area contributed by atoms with Crippen LogP contribution in [0.1, 0.15) is 32.4 Å². The highest BCUT2D eigenvalue weighted by Gasteiger charge is 2.31. The van der Waals surface area contributed by atoms with Crippen LogP contribution in [0.25, 0.3) is 0 Å². The molecule has 1 amide bonds. The monoisotopic (exact) mass is 479 g/mol. The number of sulfonamides is 1. The summed E-state index contributed by atoms with van der Waals surface area (Å²) in [5.74, 6) is -0.265. The van der Waals surface area contributed by atoms with Gasteiger partial charge in [-0.3, -0.25) is 9.48 Å². The van der Waals surface area contributed by atoms with Crippen molar-refractivity contribution in [1.29, 1.82) is 0 Å². The summed E-state index contributed by atoms with van der Waals surface area (Å²) in [4.78, 5) is 14.8. The number of aromatic nitrogens is 3. The molecule has 33 heavy (non-hydrogen) atoms. The second-order valence-electron chi connectivity index (χ2n) is 8.58. The summed E-state index contributed by atoms with van der Waals surface area (Å²) in [6.07, 6.45) is 2.19. The van der Waals surface area contributed by atoms with Crippen molar-refractivity contribution in [3.8, 4) is 0 Å². The molecule has 3 rings (SSSR count). The number of likely N-dealkylation sites (N-methyl/N-ethyl adjacent to an activating group) is 1. The van der Waals surface area contributed by atoms with E-state index < -0.39 is 16.1 Å². The molecule has 1 N–H and O–H groups in total. The highest BCUT2D eigenvalue weighted by molar-refractivity contribution is 7.89. The van der Waals surface area contributed by atoms with Crippen LogP contribution in [-0.4, -0.2) is 82.5 Å². The fraction of sp³-hybridized carbons (Fsp3) is 0.591. The second kappa shape index (κ2) is 11.2. The molecule has 2 aromatic rings. The number of nitrogens with zero attached hydrogens (tertiary/aromatic N) is 5. The zero-order chi connectivity index (χ0) is 24.0. The number of rotatable bonds is 6. The van der Waals surface area contributed by atoms with Crippen LogP contribution in [-0.2, 0) is 32.7 Å². The maximum absolute atomic E-state index is 13.1. The van der Waals surface area contributed by atoms with Crippen LogP contribution in [0.5, 0.6) is 0 Å². The van der Waals surface area contributed by atoms with Crippen LogP contribution in [0.4, 0.5) is 0 Å². The van der Waals surface area contributed by atoms with Crippen molar-refractivity contribution < 1.29 is 23.1 Å². The van der Waals surface area contributed by atoms with E-state index in [1.54, 1.807) is 53.0 Å². The fourth-order valence-corrected chi connectivity index (χ4v) is 5.02. The van der Waals surface area contributed by atoms with Gasteiger partial charge in [-0.15, -0.1) is 5.10 Å². The van der Waals surface area contributed by atoms with Gasteiger partial charge in [-0.05, 0) is 25.5 Å². The maximum Gasteiger partial charge on any atom is 0.242 e. The Labute approximate surface area is 195 Å². The number of aliphatic hydroxyl groups excluding tert-OH is 1. The molecular formula is C22H33N5O5S. The minimum atomic E-state index is -3.71. The lowest BCUT2D eigenvalue weighted by atomic mass is 10.0. The molecule has 1 aliphatic heterocycles. The highest BCUT2D eigenvalue weighted by Crippen LogP contribution is 2.20. The summed E-state index contributed by atoms with van der Waals surface area (Å²) >= 11 is 0. The first-order valence-electron chi connectivity index (χ1n) is 11.1. The van der Waals surface area contributed by atoms with E-state index in [9.17, 15) is 18.3 Å². The van der Waals surface area contributed by atoms with Crippen LogP contribution >= 0.6 is 0 Å². The predicted molar refractivity (Wildman–Crippen MR) is 122 cm³/mol. The lowest BCUT2D eigenvalue weighted by Crippen LogP contribution is -2.47. The number of amides is 1. The van der Waals surface area contributed by atoms with Gasteiger partial charge in [0.1, 0.15) is 5.69 Å². The first-order chi connectivity index (χ1) is 15.7. The van der Waals surface area contributed by atoms with E-state index in [2.05, 4.69) is 10.3 Å². The lowest BCUT2D eigenvalue weighted by molar-refractivity contribution is -0.136. The summed E-state index contributed by atoms with van der Waals surface area (Å²) in [6, 6.07) is 7.89. The van der Waals surface area contributed by atoms with Gasteiger partial charge in [-0.25, -0.2) is 8.42 Å². The van der Waals surface area contributed by atoms with E-state index in [-0.39, 0.29) is 42.5 Å². The zero-order valence-electron chi connectivity index (χ0n) is 19.4. The number of carbonyl (C=O) groups is 1. The third kappa shape index (κ3) is 6.38. The molecule has 2 heterocycles. The number of hydrogen-bond donors (Lipinski definition) is 1. The van der Waals surface area contributed by atoms with Crippen molar-refractivity contribution in [3.05, 3.63) is 42.2 Å². The quantitative estimate of drug-likeness (QED) is 0.660. The van der Waals surface area contributed by atoms with Gasteiger partial charge in [0.05, 0.1) is 36.5 Å². The average molecular weight is 480 g/mol. The molecule has 3 atom stereocenters. The first-order valence-corrected chi connectivity index (χ1v) is 12.6. The lowest BCUT2D eigenvalue weighted by Gasteiger charge is -2.35. The second-order valence-corrected chi connectivity index (χ2v) is 10.6. The number of ether oxygens (including phenoxy) is 1. The first kappa shape index (κ1) is 25.3. The summed E-state index contributed by atoms with van der Waals surface area (Å²) in [6.45, 7) is 4.74. The molecule has 0 saturated carbocycles. The predicted octanol–water partition coefficient (Wildman–Crippen LogP) is 1.12. The zero-order valence-corrected chi connectivity index (χ0v) is 20.2. The molecule has 0 aliphatic carbocycles. The molecule has 0 radical (unpaired) electrons. The molecule has 182 valence electrons. The number of aryl methyl sites for hydroxylation is 1. The topological polar surface area (TPSA) is 118 Å². The van der Waals surface area contributed by atoms with Gasteiger partial charge >= 0.3 is 0 Å². The van der Waals surface area contributed by atoms with Crippen molar-refractivity contribution in [1.82, 2.24) is 24.2 Å². The van der Waals surface area contributed by atoms with Crippen molar-refractivity contribution in [2.24, 2.45) is 5.92 Å². The van der Waals surface area contributed by atoms with Crippen LogP contribution in [0.15, 0.2) is 41.4 Å². The van der Waals surface area contributed by atoms with Crippen molar-refractivity contribution in [2.75, 3.05) is 26.7 Å². The number of hydrogen-bond acceptors (Lipinski definition) is 7. The third-order valence-electron chi connectivity index (χ3n) is 5.93. The molecule has 1 aliphatic rings. The van der Waals surface area contributed by atoms with Crippen molar-refractivity contribution in [3.63, 3.8) is 0 Å². The molecule has 0 saturated heterocycles. The number of aliphatic hydroxyl groups is 1. The Morgan fingerprint density at radius 2 is 2.03 bits per heavy atom. The van der Waals surface area contributed by atoms with Crippen molar-refractivity contribution >= 4 is 15.9 Å². The molecule has 1 aromatic heterocycles. The average Bonchev–Trinajstić information content (AvgIpc) is 3.27. The van der Waals surface area contributed by atoms with Gasteiger partial charge in [0.25, 0.3) is 0 Å². The Kier molecular flexibility index (Phi) is 8.57. The standard InChI is InChI=1S/C22H33N5O5S/c1-17-12-27(18(2)15-28)22(29)10-7-11-26-13-19(23-24-26)16-32-21(17)14-25(3)33(30,31)20-8-5-4-6-9-20/h4-6,8-9,13,17-18,21,28H,7,10-12,14-16H2,1-3H3/t17-,18+,21-/m1/s1. The molecule has 10 nitrogen and oxygen atoms in total. The molecule has 2 bridgehead atoms. The van der Waals surface area contributed by atoms with E-state index in [0.29, 0.717) is 31.6 Å².